The summed E-state index contributed by atoms with van der Waals surface area (Å²) in [5.41, 5.74) is 2.88. The average molecular weight is 179 g/mol. The molecule has 0 bridgehead atoms. The Morgan fingerprint density at radius 1 is 1.46 bits per heavy atom. The van der Waals surface area contributed by atoms with E-state index in [0.717, 1.165) is 6.54 Å². The highest BCUT2D eigenvalue weighted by Crippen LogP contribution is 2.21. The van der Waals surface area contributed by atoms with Gasteiger partial charge in [0.1, 0.15) is 0 Å². The van der Waals surface area contributed by atoms with Crippen molar-refractivity contribution in [3.63, 3.8) is 0 Å². The smallest absolute Gasteiger partial charge is 0.0285 e. The summed E-state index contributed by atoms with van der Waals surface area (Å²) in [5.74, 6) is 0.692. The van der Waals surface area contributed by atoms with Crippen molar-refractivity contribution in [2.75, 3.05) is 6.54 Å². The van der Waals surface area contributed by atoms with E-state index >= 15 is 0 Å². The first-order valence-electron chi connectivity index (χ1n) is 5.23. The van der Waals surface area contributed by atoms with E-state index in [1.165, 1.54) is 17.6 Å². The molecule has 13 heavy (non-hydrogen) atoms. The van der Waals surface area contributed by atoms with Gasteiger partial charge in [0.05, 0.1) is 0 Å². The maximum absolute atomic E-state index is 3.52. The molecule has 2 atom stereocenters. The van der Waals surface area contributed by atoms with Crippen LogP contribution < -0.4 is 5.32 Å². The van der Waals surface area contributed by atoms with Crippen molar-refractivity contribution in [1.82, 2.24) is 5.32 Å². The minimum Gasteiger partial charge on any atom is -0.311 e. The standard InChI is InChI=1S/C12H21N/c1-5-13-12-8-10(3)6-9(2)7-11(12)4/h6-7,10,12-13H,5,8H2,1-4H3. The van der Waals surface area contributed by atoms with Gasteiger partial charge >= 0.3 is 0 Å². The number of allylic oxidation sites excluding steroid dienone is 3. The molecule has 0 aromatic heterocycles. The highest BCUT2D eigenvalue weighted by molar-refractivity contribution is 5.27. The van der Waals surface area contributed by atoms with E-state index < -0.39 is 0 Å². The molecule has 0 aromatic rings. The van der Waals surface area contributed by atoms with Crippen molar-refractivity contribution in [3.8, 4) is 0 Å². The molecule has 0 aliphatic heterocycles. The van der Waals surface area contributed by atoms with E-state index in [-0.39, 0.29) is 0 Å². The van der Waals surface area contributed by atoms with Gasteiger partial charge in [-0.15, -0.1) is 0 Å². The molecule has 0 spiro atoms. The number of hydrogen-bond acceptors (Lipinski definition) is 1. The van der Waals surface area contributed by atoms with Gasteiger partial charge in [-0.1, -0.05) is 37.1 Å². The van der Waals surface area contributed by atoms with Gasteiger partial charge in [0, 0.05) is 6.04 Å². The van der Waals surface area contributed by atoms with Gasteiger partial charge in [0.15, 0.2) is 0 Å². The first-order chi connectivity index (χ1) is 6.13. The Balaban J connectivity index is 2.73. The summed E-state index contributed by atoms with van der Waals surface area (Å²) in [6.45, 7) is 9.93. The van der Waals surface area contributed by atoms with Gasteiger partial charge in [-0.2, -0.15) is 0 Å². The fraction of sp³-hybridized carbons (Fsp3) is 0.667. The maximum atomic E-state index is 3.52. The summed E-state index contributed by atoms with van der Waals surface area (Å²) >= 11 is 0. The number of rotatable bonds is 2. The van der Waals surface area contributed by atoms with E-state index in [1.54, 1.807) is 0 Å². The lowest BCUT2D eigenvalue weighted by molar-refractivity contribution is 0.497. The lowest BCUT2D eigenvalue weighted by Crippen LogP contribution is -2.30. The van der Waals surface area contributed by atoms with Crippen LogP contribution in [0.3, 0.4) is 0 Å². The molecule has 1 rings (SSSR count). The summed E-state index contributed by atoms with van der Waals surface area (Å²) in [7, 11) is 0. The number of nitrogens with one attached hydrogen (secondary N) is 1. The van der Waals surface area contributed by atoms with Gasteiger partial charge in [0.25, 0.3) is 0 Å². The zero-order valence-corrected chi connectivity index (χ0v) is 9.22. The summed E-state index contributed by atoms with van der Waals surface area (Å²) in [6, 6.07) is 0.577. The highest BCUT2D eigenvalue weighted by Gasteiger charge is 2.15. The highest BCUT2D eigenvalue weighted by atomic mass is 14.9. The van der Waals surface area contributed by atoms with Gasteiger partial charge in [-0.05, 0) is 32.7 Å². The fourth-order valence-corrected chi connectivity index (χ4v) is 2.07. The first-order valence-corrected chi connectivity index (χ1v) is 5.23. The summed E-state index contributed by atoms with van der Waals surface area (Å²) in [5, 5.41) is 3.52. The third-order valence-electron chi connectivity index (χ3n) is 2.61. The number of likely N-dealkylation sites (N-methyl/N-ethyl adjacent to an activating group) is 1. The zero-order valence-electron chi connectivity index (χ0n) is 9.22. The van der Waals surface area contributed by atoms with Crippen LogP contribution in [0.25, 0.3) is 0 Å². The molecule has 0 amide bonds. The average Bonchev–Trinajstić information content (AvgIpc) is 2.12. The van der Waals surface area contributed by atoms with Crippen LogP contribution in [0, 0.1) is 5.92 Å². The lowest BCUT2D eigenvalue weighted by Gasteiger charge is -2.19. The van der Waals surface area contributed by atoms with E-state index in [4.69, 9.17) is 0 Å². The molecule has 0 aromatic carbocycles. The molecule has 74 valence electrons. The molecular formula is C12H21N. The van der Waals surface area contributed by atoms with Crippen molar-refractivity contribution in [2.24, 2.45) is 5.92 Å². The van der Waals surface area contributed by atoms with Crippen LogP contribution in [0.15, 0.2) is 23.3 Å². The van der Waals surface area contributed by atoms with Gasteiger partial charge in [-0.3, -0.25) is 0 Å². The zero-order chi connectivity index (χ0) is 9.84. The van der Waals surface area contributed by atoms with Crippen LogP contribution in [0.5, 0.6) is 0 Å². The third kappa shape index (κ3) is 3.00. The molecule has 1 aliphatic carbocycles. The second kappa shape index (κ2) is 4.61. The summed E-state index contributed by atoms with van der Waals surface area (Å²) < 4.78 is 0. The molecule has 0 saturated heterocycles. The van der Waals surface area contributed by atoms with E-state index in [0.29, 0.717) is 12.0 Å². The number of hydrogen-bond donors (Lipinski definition) is 1. The van der Waals surface area contributed by atoms with Gasteiger partial charge < -0.3 is 5.32 Å². The first kappa shape index (κ1) is 10.5. The predicted octanol–water partition coefficient (Wildman–Crippen LogP) is 2.90. The molecule has 1 nitrogen and oxygen atoms in total. The van der Waals surface area contributed by atoms with Crippen molar-refractivity contribution in [2.45, 2.75) is 40.2 Å². The molecule has 0 saturated carbocycles. The van der Waals surface area contributed by atoms with E-state index in [1.807, 2.05) is 0 Å². The van der Waals surface area contributed by atoms with Gasteiger partial charge in [-0.25, -0.2) is 0 Å². The third-order valence-corrected chi connectivity index (χ3v) is 2.61. The monoisotopic (exact) mass is 179 g/mol. The van der Waals surface area contributed by atoms with Crippen LogP contribution in [0.2, 0.25) is 0 Å². The molecule has 1 N–H and O–H groups in total. The molecule has 1 heteroatoms. The maximum Gasteiger partial charge on any atom is 0.0285 e. The fourth-order valence-electron chi connectivity index (χ4n) is 2.07. The Morgan fingerprint density at radius 3 is 2.77 bits per heavy atom. The predicted molar refractivity (Wildman–Crippen MR) is 58.8 cm³/mol. The van der Waals surface area contributed by atoms with Crippen LogP contribution in [0.4, 0.5) is 0 Å². The minimum atomic E-state index is 0.577. The van der Waals surface area contributed by atoms with Crippen molar-refractivity contribution < 1.29 is 0 Å². The van der Waals surface area contributed by atoms with Crippen LogP contribution in [0.1, 0.15) is 34.1 Å². The molecule has 0 heterocycles. The SMILES string of the molecule is CCNC1CC(C)C=C(C)C=C1C. The molecule has 2 unspecified atom stereocenters. The van der Waals surface area contributed by atoms with Crippen molar-refractivity contribution in [1.29, 1.82) is 0 Å². The Labute approximate surface area is 81.9 Å². The molecular weight excluding hydrogens is 158 g/mol. The van der Waals surface area contributed by atoms with Gasteiger partial charge in [0.2, 0.25) is 0 Å². The lowest BCUT2D eigenvalue weighted by atomic mass is 9.99. The molecule has 0 radical (unpaired) electrons. The Morgan fingerprint density at radius 2 is 2.15 bits per heavy atom. The van der Waals surface area contributed by atoms with E-state index in [9.17, 15) is 0 Å². The Hall–Kier alpha value is -0.560. The largest absolute Gasteiger partial charge is 0.311 e. The van der Waals surface area contributed by atoms with Crippen LogP contribution in [-0.2, 0) is 0 Å². The minimum absolute atomic E-state index is 0.577. The Bertz CT molecular complexity index is 225. The topological polar surface area (TPSA) is 12.0 Å². The van der Waals surface area contributed by atoms with E-state index in [2.05, 4.69) is 45.2 Å². The second-order valence-electron chi connectivity index (χ2n) is 4.12. The molecule has 0 fully saturated rings. The summed E-state index contributed by atoms with van der Waals surface area (Å²) in [6.07, 6.45) is 5.89. The van der Waals surface area contributed by atoms with Crippen molar-refractivity contribution in [3.05, 3.63) is 23.3 Å². The Kier molecular flexibility index (Phi) is 3.73. The van der Waals surface area contributed by atoms with Crippen LogP contribution in [-0.4, -0.2) is 12.6 Å². The summed E-state index contributed by atoms with van der Waals surface area (Å²) in [4.78, 5) is 0. The quantitative estimate of drug-likeness (QED) is 0.687. The molecule has 1 aliphatic rings. The second-order valence-corrected chi connectivity index (χ2v) is 4.12. The normalized spacial score (nSPS) is 29.2. The van der Waals surface area contributed by atoms with Crippen LogP contribution >= 0.6 is 0 Å². The van der Waals surface area contributed by atoms with Crippen molar-refractivity contribution >= 4 is 0 Å².